The van der Waals surface area contributed by atoms with Crippen molar-refractivity contribution in [3.8, 4) is 0 Å². The van der Waals surface area contributed by atoms with Crippen LogP contribution in [0.2, 0.25) is 0 Å². The Kier molecular flexibility index (Phi) is 4.66. The van der Waals surface area contributed by atoms with Crippen LogP contribution in [0.5, 0.6) is 0 Å². The number of esters is 1. The molecule has 0 unspecified atom stereocenters. The summed E-state index contributed by atoms with van der Waals surface area (Å²) in [5.74, 6) is -1.68. The van der Waals surface area contributed by atoms with Gasteiger partial charge < -0.3 is 10.1 Å². The number of nitrogens with zero attached hydrogens (tertiary/aromatic N) is 2. The summed E-state index contributed by atoms with van der Waals surface area (Å²) in [6, 6.07) is 2.22. The lowest BCUT2D eigenvalue weighted by molar-refractivity contribution is -0.138. The summed E-state index contributed by atoms with van der Waals surface area (Å²) < 4.78 is 32.4. The Bertz CT molecular complexity index is 819. The van der Waals surface area contributed by atoms with Gasteiger partial charge in [-0.25, -0.2) is 18.6 Å². The summed E-state index contributed by atoms with van der Waals surface area (Å²) in [5.41, 5.74) is 0.230. The lowest BCUT2D eigenvalue weighted by atomic mass is 9.98. The normalized spacial score (nSPS) is 16.9. The number of rotatable bonds is 4. The number of ether oxygens (including phenoxy) is 1. The van der Waals surface area contributed by atoms with Crippen molar-refractivity contribution in [3.05, 3.63) is 63.8 Å². The predicted octanol–water partition coefficient (Wildman–Crippen LogP) is 2.96. The van der Waals surface area contributed by atoms with Crippen LogP contribution in [0.3, 0.4) is 0 Å². The Morgan fingerprint density at radius 1 is 1.42 bits per heavy atom. The molecule has 0 spiro atoms. The summed E-state index contributed by atoms with van der Waals surface area (Å²) in [4.78, 5) is 20.7. The van der Waals surface area contributed by atoms with Crippen molar-refractivity contribution in [1.82, 2.24) is 10.3 Å². The molecule has 2 aromatic rings. The van der Waals surface area contributed by atoms with E-state index in [2.05, 4.69) is 15.3 Å². The van der Waals surface area contributed by atoms with E-state index in [4.69, 9.17) is 4.74 Å². The lowest BCUT2D eigenvalue weighted by Gasteiger charge is -2.22. The molecule has 1 atom stereocenters. The molecule has 24 heavy (non-hydrogen) atoms. The van der Waals surface area contributed by atoms with Gasteiger partial charge in [0.25, 0.3) is 0 Å². The zero-order valence-electron chi connectivity index (χ0n) is 12.6. The smallest absolute Gasteiger partial charge is 0.338 e. The largest absolute Gasteiger partial charge is 0.463 e. The number of hydrogen-bond acceptors (Lipinski definition) is 6. The van der Waals surface area contributed by atoms with E-state index < -0.39 is 23.6 Å². The van der Waals surface area contributed by atoms with Gasteiger partial charge in [-0.05, 0) is 13.0 Å². The molecule has 0 aliphatic carbocycles. The second-order valence-electron chi connectivity index (χ2n) is 4.85. The Hall–Kier alpha value is -2.61. The van der Waals surface area contributed by atoms with Crippen molar-refractivity contribution >= 4 is 23.1 Å². The maximum absolute atomic E-state index is 14.2. The monoisotopic (exact) mass is 349 g/mol. The minimum absolute atomic E-state index is 0.0891. The van der Waals surface area contributed by atoms with E-state index in [1.807, 2.05) is 0 Å². The van der Waals surface area contributed by atoms with Gasteiger partial charge in [-0.1, -0.05) is 6.07 Å². The maximum Gasteiger partial charge on any atom is 0.338 e. The van der Waals surface area contributed by atoms with E-state index in [1.165, 1.54) is 23.6 Å². The zero-order chi connectivity index (χ0) is 17.1. The van der Waals surface area contributed by atoms with Crippen LogP contribution in [0.1, 0.15) is 23.5 Å². The highest BCUT2D eigenvalue weighted by molar-refractivity contribution is 7.11. The van der Waals surface area contributed by atoms with Gasteiger partial charge in [0.05, 0.1) is 12.2 Å². The molecule has 0 radical (unpaired) electrons. The molecule has 1 aromatic heterocycles. The van der Waals surface area contributed by atoms with Gasteiger partial charge in [-0.2, -0.15) is 0 Å². The van der Waals surface area contributed by atoms with Crippen molar-refractivity contribution in [1.29, 1.82) is 0 Å². The molecule has 0 amide bonds. The van der Waals surface area contributed by atoms with Crippen LogP contribution < -0.4 is 5.32 Å². The van der Waals surface area contributed by atoms with Gasteiger partial charge in [0.15, 0.2) is 10.8 Å². The molecule has 5 nitrogen and oxygen atoms in total. The van der Waals surface area contributed by atoms with Crippen molar-refractivity contribution in [2.24, 2.45) is 4.99 Å². The predicted molar refractivity (Wildman–Crippen MR) is 85.6 cm³/mol. The minimum Gasteiger partial charge on any atom is -0.463 e. The van der Waals surface area contributed by atoms with Crippen LogP contribution in [-0.4, -0.2) is 23.4 Å². The number of amidine groups is 1. The lowest BCUT2D eigenvalue weighted by Crippen LogP contribution is -2.29. The average molecular weight is 349 g/mol. The van der Waals surface area contributed by atoms with E-state index in [0.717, 1.165) is 12.1 Å². The molecular formula is C16H13F2N3O2S. The summed E-state index contributed by atoms with van der Waals surface area (Å²) in [5, 5.41) is 5.25. The van der Waals surface area contributed by atoms with Gasteiger partial charge in [0.1, 0.15) is 17.7 Å². The fraction of sp³-hybridized carbons (Fsp3) is 0.188. The molecule has 1 N–H and O–H groups in total. The van der Waals surface area contributed by atoms with E-state index in [9.17, 15) is 13.6 Å². The molecule has 1 aliphatic heterocycles. The molecule has 8 heteroatoms. The van der Waals surface area contributed by atoms with E-state index in [0.29, 0.717) is 10.8 Å². The van der Waals surface area contributed by atoms with Gasteiger partial charge in [0.2, 0.25) is 0 Å². The van der Waals surface area contributed by atoms with E-state index in [-0.39, 0.29) is 17.7 Å². The number of carbonyl (C=O) groups is 1. The van der Waals surface area contributed by atoms with Crippen LogP contribution in [-0.2, 0) is 9.53 Å². The third kappa shape index (κ3) is 3.18. The van der Waals surface area contributed by atoms with Crippen molar-refractivity contribution < 1.29 is 18.3 Å². The van der Waals surface area contributed by atoms with E-state index >= 15 is 0 Å². The second-order valence-corrected chi connectivity index (χ2v) is 5.74. The highest BCUT2D eigenvalue weighted by Crippen LogP contribution is 2.31. The quantitative estimate of drug-likeness (QED) is 0.862. The number of nitrogens with one attached hydrogen (secondary N) is 1. The van der Waals surface area contributed by atoms with Gasteiger partial charge in [-0.15, -0.1) is 11.3 Å². The van der Waals surface area contributed by atoms with E-state index in [1.54, 1.807) is 18.5 Å². The van der Waals surface area contributed by atoms with Crippen LogP contribution in [0.4, 0.5) is 8.78 Å². The summed E-state index contributed by atoms with van der Waals surface area (Å²) in [6.45, 7) is 1.85. The third-order valence-electron chi connectivity index (χ3n) is 3.32. The average Bonchev–Trinajstić information content (AvgIpc) is 3.09. The van der Waals surface area contributed by atoms with Crippen LogP contribution in [0.15, 0.2) is 46.5 Å². The topological polar surface area (TPSA) is 63.6 Å². The summed E-state index contributed by atoms with van der Waals surface area (Å²) in [6.07, 6.45) is 3.04. The molecule has 0 fully saturated rings. The molecule has 0 saturated heterocycles. The first-order valence-corrected chi connectivity index (χ1v) is 8.04. The first-order valence-electron chi connectivity index (χ1n) is 7.16. The Morgan fingerprint density at radius 3 is 2.92 bits per heavy atom. The number of aromatic nitrogens is 1. The molecule has 3 rings (SSSR count). The summed E-state index contributed by atoms with van der Waals surface area (Å²) >= 11 is 1.35. The van der Waals surface area contributed by atoms with Gasteiger partial charge >= 0.3 is 5.97 Å². The summed E-state index contributed by atoms with van der Waals surface area (Å²) in [7, 11) is 0. The molecule has 0 bridgehead atoms. The number of benzene rings is 1. The number of thiazole rings is 1. The standard InChI is InChI=1S/C16H13F2N3O2S/c1-2-23-16(22)11-8-20-14(15-19-5-6-24-15)21-13(11)10-4-3-9(17)7-12(10)18/h3-8,13H,2H2,1H3,(H,20,21)/t13-/m0/s1. The molecular weight excluding hydrogens is 336 g/mol. The second kappa shape index (κ2) is 6.88. The molecule has 2 heterocycles. The van der Waals surface area contributed by atoms with Crippen molar-refractivity contribution in [3.63, 3.8) is 0 Å². The first-order chi connectivity index (χ1) is 11.6. The van der Waals surface area contributed by atoms with Gasteiger partial charge in [0, 0.05) is 29.4 Å². The fourth-order valence-electron chi connectivity index (χ4n) is 2.26. The number of aliphatic imine (C=N–C) groups is 1. The number of carbonyl (C=O) groups excluding carboxylic acids is 1. The third-order valence-corrected chi connectivity index (χ3v) is 4.10. The SMILES string of the molecule is CCOC(=O)C1=CNC(c2nccs2)=N[C@H]1c1ccc(F)cc1F. The van der Waals surface area contributed by atoms with Crippen LogP contribution >= 0.6 is 11.3 Å². The first kappa shape index (κ1) is 16.3. The van der Waals surface area contributed by atoms with Crippen molar-refractivity contribution in [2.75, 3.05) is 6.61 Å². The van der Waals surface area contributed by atoms with Crippen LogP contribution in [0.25, 0.3) is 0 Å². The Balaban J connectivity index is 2.04. The molecule has 1 aliphatic rings. The number of halogens is 2. The maximum atomic E-state index is 14.2. The highest BCUT2D eigenvalue weighted by Gasteiger charge is 2.30. The molecule has 0 saturated carbocycles. The number of hydrogen-bond donors (Lipinski definition) is 1. The van der Waals surface area contributed by atoms with Crippen molar-refractivity contribution in [2.45, 2.75) is 13.0 Å². The van der Waals surface area contributed by atoms with Gasteiger partial charge in [-0.3, -0.25) is 4.99 Å². The molecule has 124 valence electrons. The Labute approximate surface area is 140 Å². The highest BCUT2D eigenvalue weighted by atomic mass is 32.1. The zero-order valence-corrected chi connectivity index (χ0v) is 13.4. The Morgan fingerprint density at radius 2 is 2.25 bits per heavy atom. The minimum atomic E-state index is -0.940. The molecule has 1 aromatic carbocycles. The van der Waals surface area contributed by atoms with Crippen LogP contribution in [0, 0.1) is 11.6 Å². The fourth-order valence-corrected chi connectivity index (χ4v) is 2.86.